The molecule has 216 valence electrons. The van der Waals surface area contributed by atoms with E-state index in [2.05, 4.69) is 84.9 Å². The van der Waals surface area contributed by atoms with Gasteiger partial charge in [-0.2, -0.15) is 0 Å². The predicted octanol–water partition coefficient (Wildman–Crippen LogP) is 8.06. The second-order valence-electron chi connectivity index (χ2n) is 12.0. The van der Waals surface area contributed by atoms with E-state index in [0.29, 0.717) is 39.6 Å². The average molecular weight is 557 g/mol. The molecule has 0 saturated carbocycles. The van der Waals surface area contributed by atoms with E-state index < -0.39 is 0 Å². The van der Waals surface area contributed by atoms with E-state index in [-0.39, 0.29) is 10.8 Å². The fraction of sp³-hybridized carbons (Fsp3) is 0.576. The number of thiophene rings is 1. The molecule has 0 N–H and O–H groups in total. The van der Waals surface area contributed by atoms with Gasteiger partial charge in [0.1, 0.15) is 24.7 Å². The van der Waals surface area contributed by atoms with Crippen LogP contribution in [0.2, 0.25) is 0 Å². The summed E-state index contributed by atoms with van der Waals surface area (Å²) in [5, 5.41) is 0. The molecular weight excluding hydrogens is 508 g/mol. The van der Waals surface area contributed by atoms with Crippen molar-refractivity contribution in [2.45, 2.75) is 72.1 Å². The van der Waals surface area contributed by atoms with E-state index in [9.17, 15) is 0 Å². The highest BCUT2D eigenvalue weighted by Gasteiger charge is 2.25. The molecule has 0 radical (unpaired) electrons. The van der Waals surface area contributed by atoms with Crippen LogP contribution in [0.25, 0.3) is 11.1 Å². The fourth-order valence-corrected chi connectivity index (χ4v) is 5.43. The summed E-state index contributed by atoms with van der Waals surface area (Å²) in [5.41, 5.74) is 4.82. The molecule has 6 heteroatoms. The maximum Gasteiger partial charge on any atom is 0.127 e. The Kier molecular flexibility index (Phi) is 11.7. The number of allylic oxidation sites excluding steroid dienone is 4. The molecule has 39 heavy (non-hydrogen) atoms. The summed E-state index contributed by atoms with van der Waals surface area (Å²) in [6.07, 6.45) is 6.35. The molecule has 1 aliphatic rings. The Morgan fingerprint density at radius 1 is 0.718 bits per heavy atom. The van der Waals surface area contributed by atoms with Crippen molar-refractivity contribution in [2.24, 2.45) is 0 Å². The lowest BCUT2D eigenvalue weighted by atomic mass is 9.84. The summed E-state index contributed by atoms with van der Waals surface area (Å²) in [7, 11) is 1.68. The maximum atomic E-state index is 6.37. The first-order valence-electron chi connectivity index (χ1n) is 14.1. The van der Waals surface area contributed by atoms with Crippen molar-refractivity contribution in [3.05, 3.63) is 57.3 Å². The zero-order valence-electron chi connectivity index (χ0n) is 25.3. The minimum Gasteiger partial charge on any atom is -0.491 e. The summed E-state index contributed by atoms with van der Waals surface area (Å²) < 4.78 is 29.1. The number of hydrogen-bond donors (Lipinski definition) is 0. The van der Waals surface area contributed by atoms with Crippen LogP contribution in [0.15, 0.2) is 36.4 Å². The van der Waals surface area contributed by atoms with Gasteiger partial charge in [0.15, 0.2) is 0 Å². The van der Waals surface area contributed by atoms with Crippen LogP contribution >= 0.6 is 11.3 Å². The smallest absolute Gasteiger partial charge is 0.127 e. The van der Waals surface area contributed by atoms with Gasteiger partial charge in [0.25, 0.3) is 0 Å². The van der Waals surface area contributed by atoms with E-state index >= 15 is 0 Å². The summed E-state index contributed by atoms with van der Waals surface area (Å²) >= 11 is 1.89. The Labute approximate surface area is 240 Å². The molecule has 0 unspecified atom stereocenters. The zero-order valence-corrected chi connectivity index (χ0v) is 26.1. The van der Waals surface area contributed by atoms with Crippen LogP contribution in [-0.2, 0) is 25.0 Å². The Balaban J connectivity index is 1.85. The van der Waals surface area contributed by atoms with Gasteiger partial charge < -0.3 is 23.7 Å². The van der Waals surface area contributed by atoms with E-state index in [1.807, 2.05) is 11.3 Å². The second kappa shape index (κ2) is 14.5. The normalized spacial score (nSPS) is 13.9. The Morgan fingerprint density at radius 3 is 1.97 bits per heavy atom. The predicted molar refractivity (Wildman–Crippen MR) is 164 cm³/mol. The number of ether oxygens (including phenoxy) is 5. The molecule has 0 fully saturated rings. The molecule has 1 aromatic heterocycles. The minimum absolute atomic E-state index is 0.116. The lowest BCUT2D eigenvalue weighted by molar-refractivity contribution is 0.0541. The first-order chi connectivity index (χ1) is 18.5. The molecular formula is C33H48O5S. The molecule has 0 amide bonds. The first-order valence-corrected chi connectivity index (χ1v) is 15.0. The molecule has 0 spiro atoms. The molecule has 3 rings (SSSR count). The van der Waals surface area contributed by atoms with Crippen molar-refractivity contribution in [1.29, 1.82) is 0 Å². The number of hydrogen-bond acceptors (Lipinski definition) is 6. The maximum absolute atomic E-state index is 6.37. The van der Waals surface area contributed by atoms with Crippen molar-refractivity contribution >= 4 is 22.5 Å². The van der Waals surface area contributed by atoms with Crippen LogP contribution in [0.4, 0.5) is 0 Å². The first kappa shape index (κ1) is 31.4. The SMILES string of the molecule is CCCOCCOc1cc(C(C)(C)C)c(OCCOCCOC)cc1C1=CC=C(c2ccc(C(C)(C)C)s2)C1. The molecule has 0 atom stereocenters. The Bertz CT molecular complexity index is 1110. The van der Waals surface area contributed by atoms with Crippen LogP contribution < -0.4 is 9.47 Å². The van der Waals surface area contributed by atoms with Crippen LogP contribution in [-0.4, -0.2) is 53.4 Å². The lowest BCUT2D eigenvalue weighted by Gasteiger charge is -2.26. The standard InChI is InChI=1S/C33H48O5S/c1-9-14-35-17-19-37-28-23-27(32(2,3)4)29(38-20-18-36-16-15-34-8)22-26(28)24-10-11-25(21-24)30-12-13-31(39-30)33(5,6)7/h10-13,22-23H,9,14-21H2,1-8H3. The number of rotatable bonds is 15. The van der Waals surface area contributed by atoms with Crippen molar-refractivity contribution in [3.8, 4) is 11.5 Å². The van der Waals surface area contributed by atoms with Gasteiger partial charge in [-0.3, -0.25) is 0 Å². The van der Waals surface area contributed by atoms with Gasteiger partial charge in [-0.25, -0.2) is 0 Å². The molecule has 0 saturated heterocycles. The average Bonchev–Trinajstić information content (AvgIpc) is 3.56. The largest absolute Gasteiger partial charge is 0.491 e. The van der Waals surface area contributed by atoms with Gasteiger partial charge in [-0.15, -0.1) is 11.3 Å². The highest BCUT2D eigenvalue weighted by molar-refractivity contribution is 7.13. The van der Waals surface area contributed by atoms with Crippen LogP contribution in [0, 0.1) is 0 Å². The third kappa shape index (κ3) is 9.21. The van der Waals surface area contributed by atoms with Crippen LogP contribution in [0.3, 0.4) is 0 Å². The molecule has 1 heterocycles. The van der Waals surface area contributed by atoms with Gasteiger partial charge in [0.2, 0.25) is 0 Å². The number of benzene rings is 1. The van der Waals surface area contributed by atoms with Gasteiger partial charge in [-0.05, 0) is 59.1 Å². The van der Waals surface area contributed by atoms with E-state index in [1.54, 1.807) is 7.11 Å². The Morgan fingerprint density at radius 2 is 1.36 bits per heavy atom. The summed E-state index contributed by atoms with van der Waals surface area (Å²) in [6, 6.07) is 8.85. The van der Waals surface area contributed by atoms with Gasteiger partial charge in [0.05, 0.1) is 26.4 Å². The quantitative estimate of drug-likeness (QED) is 0.208. The lowest BCUT2D eigenvalue weighted by Crippen LogP contribution is -2.17. The summed E-state index contributed by atoms with van der Waals surface area (Å²) in [6.45, 7) is 19.5. The summed E-state index contributed by atoms with van der Waals surface area (Å²) in [4.78, 5) is 2.73. The molecule has 1 aliphatic carbocycles. The number of methoxy groups -OCH3 is 1. The second-order valence-corrected chi connectivity index (χ2v) is 13.1. The third-order valence-corrected chi connectivity index (χ3v) is 8.10. The van der Waals surface area contributed by atoms with Crippen molar-refractivity contribution in [1.82, 2.24) is 0 Å². The monoisotopic (exact) mass is 556 g/mol. The zero-order chi connectivity index (χ0) is 28.5. The van der Waals surface area contributed by atoms with E-state index in [4.69, 9.17) is 23.7 Å². The molecule has 5 nitrogen and oxygen atoms in total. The van der Waals surface area contributed by atoms with E-state index in [0.717, 1.165) is 42.1 Å². The van der Waals surface area contributed by atoms with Gasteiger partial charge >= 0.3 is 0 Å². The molecule has 0 aliphatic heterocycles. The summed E-state index contributed by atoms with van der Waals surface area (Å²) in [5.74, 6) is 1.76. The van der Waals surface area contributed by atoms with Crippen LogP contribution in [0.5, 0.6) is 11.5 Å². The van der Waals surface area contributed by atoms with Gasteiger partial charge in [0, 0.05) is 34.6 Å². The highest BCUT2D eigenvalue weighted by Crippen LogP contribution is 2.45. The van der Waals surface area contributed by atoms with E-state index in [1.165, 1.54) is 20.9 Å². The van der Waals surface area contributed by atoms with Crippen LogP contribution in [0.1, 0.15) is 82.2 Å². The topological polar surface area (TPSA) is 46.2 Å². The fourth-order valence-electron chi connectivity index (χ4n) is 4.34. The molecule has 1 aromatic carbocycles. The van der Waals surface area contributed by atoms with Crippen molar-refractivity contribution in [2.75, 3.05) is 53.4 Å². The third-order valence-electron chi connectivity index (χ3n) is 6.51. The van der Waals surface area contributed by atoms with Gasteiger partial charge in [-0.1, -0.05) is 60.6 Å². The molecule has 0 bridgehead atoms. The van der Waals surface area contributed by atoms with Crippen molar-refractivity contribution in [3.63, 3.8) is 0 Å². The Hall–Kier alpha value is -2.12. The molecule has 2 aromatic rings. The van der Waals surface area contributed by atoms with Crippen molar-refractivity contribution < 1.29 is 23.7 Å². The minimum atomic E-state index is -0.116. The highest BCUT2D eigenvalue weighted by atomic mass is 32.1.